The molecule has 4 rings (SSSR count). The molecule has 0 N–H and O–H groups in total. The Balaban J connectivity index is 1.50. The van der Waals surface area contributed by atoms with Crippen LogP contribution in [0.15, 0.2) is 36.8 Å². The van der Waals surface area contributed by atoms with E-state index in [2.05, 4.69) is 9.97 Å². The quantitative estimate of drug-likeness (QED) is 0.705. The summed E-state index contributed by atoms with van der Waals surface area (Å²) >= 11 is 0. The van der Waals surface area contributed by atoms with Gasteiger partial charge in [0.05, 0.1) is 24.5 Å². The van der Waals surface area contributed by atoms with Crippen molar-refractivity contribution in [3.63, 3.8) is 0 Å². The van der Waals surface area contributed by atoms with Gasteiger partial charge in [0.25, 0.3) is 5.91 Å². The van der Waals surface area contributed by atoms with Crippen LogP contribution in [-0.4, -0.2) is 77.1 Å². The Kier molecular flexibility index (Phi) is 6.94. The lowest BCUT2D eigenvalue weighted by atomic mass is 9.90. The van der Waals surface area contributed by atoms with E-state index in [9.17, 15) is 14.0 Å². The lowest BCUT2D eigenvalue weighted by Gasteiger charge is -2.39. The molecule has 9 heteroatoms. The molecule has 2 fully saturated rings. The Morgan fingerprint density at radius 3 is 2.62 bits per heavy atom. The van der Waals surface area contributed by atoms with Crippen LogP contribution >= 0.6 is 0 Å². The van der Waals surface area contributed by atoms with Gasteiger partial charge in [-0.3, -0.25) is 9.59 Å². The second kappa shape index (κ2) is 10.0. The number of rotatable bonds is 5. The summed E-state index contributed by atoms with van der Waals surface area (Å²) in [5, 5.41) is 0. The van der Waals surface area contributed by atoms with Crippen molar-refractivity contribution < 1.29 is 23.5 Å². The van der Waals surface area contributed by atoms with Gasteiger partial charge in [0.1, 0.15) is 24.0 Å². The maximum absolute atomic E-state index is 13.3. The third-order valence-electron chi connectivity index (χ3n) is 6.00. The molecule has 0 bridgehead atoms. The fourth-order valence-corrected chi connectivity index (χ4v) is 4.17. The van der Waals surface area contributed by atoms with Crippen molar-refractivity contribution in [2.75, 3.05) is 39.4 Å². The number of aromatic nitrogens is 2. The predicted octanol–water partition coefficient (Wildman–Crippen LogP) is 2.08. The fraction of sp³-hybridized carbons (Fsp3) is 0.478. The SMILES string of the molecule is Cc1ncncc1C(=O)N1CC[C@H](Oc2ccc(F)cc2)[C@@H](CC(=O)N2CCOCC2)C1. The number of ether oxygens (including phenoxy) is 2. The second-order valence-electron chi connectivity index (χ2n) is 8.13. The average Bonchev–Trinajstić information content (AvgIpc) is 2.82. The Labute approximate surface area is 186 Å². The number of halogens is 1. The summed E-state index contributed by atoms with van der Waals surface area (Å²) in [6, 6.07) is 5.86. The van der Waals surface area contributed by atoms with Crippen molar-refractivity contribution in [3.05, 3.63) is 53.9 Å². The number of hydrogen-bond donors (Lipinski definition) is 0. The summed E-state index contributed by atoms with van der Waals surface area (Å²) in [5.41, 5.74) is 1.08. The standard InChI is InChI=1S/C23H27FN4O4/c1-16-20(13-25-15-26-16)23(30)28-7-6-21(32-19-4-2-18(24)3-5-19)17(14-28)12-22(29)27-8-10-31-11-9-27/h2-5,13,15,17,21H,6-12,14H2,1H3/t17-,21-/m0/s1. The lowest BCUT2D eigenvalue weighted by molar-refractivity contribution is -0.137. The van der Waals surface area contributed by atoms with Crippen LogP contribution in [0.25, 0.3) is 0 Å². The summed E-state index contributed by atoms with van der Waals surface area (Å²) in [6.45, 7) is 4.85. The second-order valence-corrected chi connectivity index (χ2v) is 8.13. The van der Waals surface area contributed by atoms with Crippen molar-refractivity contribution in [1.82, 2.24) is 19.8 Å². The Morgan fingerprint density at radius 1 is 1.16 bits per heavy atom. The molecule has 0 radical (unpaired) electrons. The molecule has 32 heavy (non-hydrogen) atoms. The molecule has 0 aliphatic carbocycles. The van der Waals surface area contributed by atoms with Gasteiger partial charge in [0, 0.05) is 51.1 Å². The first-order valence-corrected chi connectivity index (χ1v) is 10.8. The summed E-state index contributed by atoms with van der Waals surface area (Å²) in [7, 11) is 0. The topological polar surface area (TPSA) is 84.9 Å². The number of benzene rings is 1. The average molecular weight is 442 g/mol. The van der Waals surface area contributed by atoms with E-state index in [1.54, 1.807) is 28.9 Å². The number of carbonyl (C=O) groups excluding carboxylic acids is 2. The highest BCUT2D eigenvalue weighted by atomic mass is 19.1. The van der Waals surface area contributed by atoms with Crippen LogP contribution in [0.1, 0.15) is 28.9 Å². The van der Waals surface area contributed by atoms with Crippen LogP contribution in [0.3, 0.4) is 0 Å². The third kappa shape index (κ3) is 5.21. The summed E-state index contributed by atoms with van der Waals surface area (Å²) in [6.07, 6.45) is 3.51. The van der Waals surface area contributed by atoms with Crippen LogP contribution in [0.5, 0.6) is 5.75 Å². The van der Waals surface area contributed by atoms with Gasteiger partial charge in [0.2, 0.25) is 5.91 Å². The molecule has 0 unspecified atom stereocenters. The van der Waals surface area contributed by atoms with Crippen molar-refractivity contribution in [2.24, 2.45) is 5.92 Å². The molecule has 1 aromatic carbocycles. The van der Waals surface area contributed by atoms with Gasteiger partial charge in [-0.1, -0.05) is 0 Å². The van der Waals surface area contributed by atoms with Gasteiger partial charge >= 0.3 is 0 Å². The molecule has 170 valence electrons. The van der Waals surface area contributed by atoms with Crippen molar-refractivity contribution >= 4 is 11.8 Å². The molecule has 0 saturated carbocycles. The maximum Gasteiger partial charge on any atom is 0.257 e. The highest BCUT2D eigenvalue weighted by Gasteiger charge is 2.36. The van der Waals surface area contributed by atoms with Crippen molar-refractivity contribution in [1.29, 1.82) is 0 Å². The van der Waals surface area contributed by atoms with E-state index in [-0.39, 0.29) is 36.1 Å². The third-order valence-corrected chi connectivity index (χ3v) is 6.00. The van der Waals surface area contributed by atoms with Crippen LogP contribution in [0.2, 0.25) is 0 Å². The molecule has 8 nitrogen and oxygen atoms in total. The minimum atomic E-state index is -0.336. The van der Waals surface area contributed by atoms with E-state index >= 15 is 0 Å². The number of likely N-dealkylation sites (tertiary alicyclic amines) is 1. The van der Waals surface area contributed by atoms with Crippen LogP contribution in [-0.2, 0) is 9.53 Å². The first-order valence-electron chi connectivity index (χ1n) is 10.8. The zero-order valence-corrected chi connectivity index (χ0v) is 18.1. The van der Waals surface area contributed by atoms with E-state index in [1.165, 1.54) is 24.7 Å². The smallest absolute Gasteiger partial charge is 0.257 e. The Bertz CT molecular complexity index is 949. The van der Waals surface area contributed by atoms with Gasteiger partial charge in [-0.2, -0.15) is 0 Å². The Morgan fingerprint density at radius 2 is 1.91 bits per heavy atom. The first-order chi connectivity index (χ1) is 15.5. The van der Waals surface area contributed by atoms with Gasteiger partial charge in [-0.15, -0.1) is 0 Å². The number of carbonyl (C=O) groups is 2. The highest BCUT2D eigenvalue weighted by molar-refractivity contribution is 5.95. The Hall–Kier alpha value is -3.07. The number of hydrogen-bond acceptors (Lipinski definition) is 6. The number of morpholine rings is 1. The van der Waals surface area contributed by atoms with E-state index in [0.717, 1.165) is 0 Å². The van der Waals surface area contributed by atoms with Crippen LogP contribution < -0.4 is 4.74 Å². The molecule has 2 atom stereocenters. The van der Waals surface area contributed by atoms with E-state index in [0.29, 0.717) is 62.8 Å². The predicted molar refractivity (Wildman–Crippen MR) is 114 cm³/mol. The van der Waals surface area contributed by atoms with Crippen LogP contribution in [0, 0.1) is 18.7 Å². The van der Waals surface area contributed by atoms with Gasteiger partial charge < -0.3 is 19.3 Å². The van der Waals surface area contributed by atoms with Crippen molar-refractivity contribution in [3.8, 4) is 5.75 Å². The summed E-state index contributed by atoms with van der Waals surface area (Å²) in [5.74, 6) is -0.103. The first kappa shape index (κ1) is 22.1. The van der Waals surface area contributed by atoms with Gasteiger partial charge in [0.15, 0.2) is 0 Å². The molecular formula is C23H27FN4O4. The van der Waals surface area contributed by atoms with E-state index in [1.807, 2.05) is 0 Å². The highest BCUT2D eigenvalue weighted by Crippen LogP contribution is 2.28. The molecule has 2 aromatic rings. The minimum Gasteiger partial charge on any atom is -0.490 e. The van der Waals surface area contributed by atoms with Crippen molar-refractivity contribution in [2.45, 2.75) is 25.9 Å². The van der Waals surface area contributed by atoms with Gasteiger partial charge in [-0.05, 0) is 31.2 Å². The number of piperidine rings is 1. The number of nitrogens with zero attached hydrogens (tertiary/aromatic N) is 4. The number of aryl methyl sites for hydroxylation is 1. The molecule has 2 aliphatic rings. The molecule has 2 aliphatic heterocycles. The molecular weight excluding hydrogens is 415 g/mol. The normalized spacial score (nSPS) is 21.3. The zero-order chi connectivity index (χ0) is 22.5. The molecule has 2 amide bonds. The zero-order valence-electron chi connectivity index (χ0n) is 18.1. The monoisotopic (exact) mass is 442 g/mol. The van der Waals surface area contributed by atoms with E-state index < -0.39 is 0 Å². The molecule has 0 spiro atoms. The maximum atomic E-state index is 13.3. The summed E-state index contributed by atoms with van der Waals surface area (Å²) < 4.78 is 24.8. The molecule has 2 saturated heterocycles. The summed E-state index contributed by atoms with van der Waals surface area (Å²) in [4.78, 5) is 37.7. The number of amides is 2. The minimum absolute atomic E-state index is 0.0273. The molecule has 1 aromatic heterocycles. The van der Waals surface area contributed by atoms with Crippen LogP contribution in [0.4, 0.5) is 4.39 Å². The largest absolute Gasteiger partial charge is 0.490 e. The lowest BCUT2D eigenvalue weighted by Crippen LogP contribution is -2.50. The van der Waals surface area contributed by atoms with E-state index in [4.69, 9.17) is 9.47 Å². The molecule has 3 heterocycles. The fourth-order valence-electron chi connectivity index (χ4n) is 4.17. The van der Waals surface area contributed by atoms with Gasteiger partial charge in [-0.25, -0.2) is 14.4 Å².